The van der Waals surface area contributed by atoms with E-state index in [1.807, 2.05) is 42.7 Å². The number of hydrogen-bond donors (Lipinski definition) is 0. The SMILES string of the molecule is CCOC(=O)c1cn(C2CCCN(Cc3ccncc3)C2I)c2ccc(I)cc2c1=O. The number of piperidine rings is 1. The lowest BCUT2D eigenvalue weighted by atomic mass is 10.0. The van der Waals surface area contributed by atoms with Gasteiger partial charge in [0.2, 0.25) is 5.43 Å². The Labute approximate surface area is 208 Å². The molecule has 0 aliphatic carbocycles. The third kappa shape index (κ3) is 4.80. The predicted octanol–water partition coefficient (Wildman–Crippen LogP) is 4.78. The van der Waals surface area contributed by atoms with Gasteiger partial charge in [0, 0.05) is 34.1 Å². The lowest BCUT2D eigenvalue weighted by Crippen LogP contribution is -2.42. The Bertz CT molecular complexity index is 1150. The van der Waals surface area contributed by atoms with Crippen molar-refractivity contribution in [3.05, 3.63) is 73.8 Å². The van der Waals surface area contributed by atoms with Crippen LogP contribution in [0.2, 0.25) is 0 Å². The van der Waals surface area contributed by atoms with E-state index in [4.69, 9.17) is 4.74 Å². The Balaban J connectivity index is 1.77. The fourth-order valence-electron chi connectivity index (χ4n) is 4.12. The number of esters is 1. The molecule has 2 aromatic heterocycles. The van der Waals surface area contributed by atoms with E-state index in [0.717, 1.165) is 35.0 Å². The summed E-state index contributed by atoms with van der Waals surface area (Å²) in [5.41, 5.74) is 1.92. The average molecular weight is 643 g/mol. The van der Waals surface area contributed by atoms with E-state index in [0.29, 0.717) is 5.39 Å². The van der Waals surface area contributed by atoms with E-state index in [2.05, 4.69) is 59.6 Å². The van der Waals surface area contributed by atoms with Crippen LogP contribution in [0, 0.1) is 3.57 Å². The van der Waals surface area contributed by atoms with Gasteiger partial charge in [-0.15, -0.1) is 0 Å². The quantitative estimate of drug-likeness (QED) is 0.174. The highest BCUT2D eigenvalue weighted by Gasteiger charge is 2.32. The van der Waals surface area contributed by atoms with Crippen molar-refractivity contribution >= 4 is 62.1 Å². The number of likely N-dealkylation sites (tertiary alicyclic amines) is 1. The Morgan fingerprint density at radius 2 is 2.03 bits per heavy atom. The van der Waals surface area contributed by atoms with Gasteiger partial charge in [0.15, 0.2) is 0 Å². The van der Waals surface area contributed by atoms with Crippen molar-refractivity contribution in [1.29, 1.82) is 0 Å². The molecule has 2 unspecified atom stereocenters. The zero-order chi connectivity index (χ0) is 22.0. The first-order chi connectivity index (χ1) is 15.0. The normalized spacial score (nSPS) is 19.5. The van der Waals surface area contributed by atoms with E-state index < -0.39 is 5.97 Å². The molecule has 1 fully saturated rings. The minimum Gasteiger partial charge on any atom is -0.462 e. The smallest absolute Gasteiger partial charge is 0.343 e. The fraction of sp³-hybridized carbons (Fsp3) is 0.348. The fourth-order valence-corrected chi connectivity index (χ4v) is 5.80. The van der Waals surface area contributed by atoms with Gasteiger partial charge in [-0.3, -0.25) is 14.7 Å². The van der Waals surface area contributed by atoms with Gasteiger partial charge in [0.05, 0.1) is 22.2 Å². The van der Waals surface area contributed by atoms with Gasteiger partial charge in [-0.2, -0.15) is 0 Å². The number of aromatic nitrogens is 2. The highest BCUT2D eigenvalue weighted by molar-refractivity contribution is 14.1. The highest BCUT2D eigenvalue weighted by atomic mass is 127. The average Bonchev–Trinajstić information content (AvgIpc) is 2.77. The maximum absolute atomic E-state index is 13.1. The van der Waals surface area contributed by atoms with E-state index >= 15 is 0 Å². The van der Waals surface area contributed by atoms with Crippen molar-refractivity contribution in [2.45, 2.75) is 36.4 Å². The zero-order valence-corrected chi connectivity index (χ0v) is 21.4. The number of pyridine rings is 2. The summed E-state index contributed by atoms with van der Waals surface area (Å²) < 4.78 is 8.47. The second-order valence-corrected chi connectivity index (χ2v) is 10.1. The zero-order valence-electron chi connectivity index (χ0n) is 17.1. The number of rotatable bonds is 5. The largest absolute Gasteiger partial charge is 0.462 e. The summed E-state index contributed by atoms with van der Waals surface area (Å²) in [6.45, 7) is 3.83. The number of carbonyl (C=O) groups excluding carboxylic acids is 1. The molecular formula is C23H23I2N3O3. The molecule has 0 amide bonds. The Morgan fingerprint density at radius 1 is 1.26 bits per heavy atom. The van der Waals surface area contributed by atoms with E-state index in [1.54, 1.807) is 13.1 Å². The molecule has 1 aromatic carbocycles. The van der Waals surface area contributed by atoms with E-state index in [1.165, 1.54) is 5.56 Å². The van der Waals surface area contributed by atoms with Crippen molar-refractivity contribution in [1.82, 2.24) is 14.5 Å². The maximum atomic E-state index is 13.1. The van der Waals surface area contributed by atoms with Crippen LogP contribution in [0.1, 0.15) is 41.7 Å². The van der Waals surface area contributed by atoms with Crippen LogP contribution >= 0.6 is 45.2 Å². The lowest BCUT2D eigenvalue weighted by Gasteiger charge is -2.40. The standard InChI is InChI=1S/C23H23I2N3O3/c1-2-31-23(30)18-14-28(19-6-5-16(24)12-17(19)21(18)29)20-4-3-11-27(22(20)25)13-15-7-9-26-10-8-15/h5-10,12,14,20,22H,2-4,11,13H2,1H3. The van der Waals surface area contributed by atoms with E-state index in [9.17, 15) is 9.59 Å². The number of benzene rings is 1. The molecule has 1 saturated heterocycles. The molecule has 1 aliphatic rings. The minimum absolute atomic E-state index is 0.103. The molecule has 8 heteroatoms. The third-order valence-electron chi connectivity index (χ3n) is 5.59. The van der Waals surface area contributed by atoms with Gasteiger partial charge >= 0.3 is 5.97 Å². The number of hydrogen-bond acceptors (Lipinski definition) is 5. The van der Waals surface area contributed by atoms with Crippen molar-refractivity contribution < 1.29 is 9.53 Å². The number of carbonyl (C=O) groups is 1. The number of alkyl halides is 1. The molecule has 3 aromatic rings. The molecule has 0 spiro atoms. The molecular weight excluding hydrogens is 620 g/mol. The monoisotopic (exact) mass is 643 g/mol. The first-order valence-corrected chi connectivity index (χ1v) is 12.6. The molecule has 1 aliphatic heterocycles. The van der Waals surface area contributed by atoms with Gasteiger partial charge < -0.3 is 9.30 Å². The van der Waals surface area contributed by atoms with Gasteiger partial charge in [-0.05, 0) is 84.8 Å². The highest BCUT2D eigenvalue weighted by Crippen LogP contribution is 2.35. The Kier molecular flexibility index (Phi) is 7.27. The molecule has 0 N–H and O–H groups in total. The number of fused-ring (bicyclic) bond motifs is 1. The second-order valence-electron chi connectivity index (χ2n) is 7.57. The van der Waals surface area contributed by atoms with Crippen LogP contribution in [0.15, 0.2) is 53.7 Å². The van der Waals surface area contributed by atoms with Crippen molar-refractivity contribution in [2.24, 2.45) is 0 Å². The summed E-state index contributed by atoms with van der Waals surface area (Å²) in [4.78, 5) is 32.2. The van der Waals surface area contributed by atoms with Gasteiger partial charge in [0.1, 0.15) is 5.56 Å². The summed E-state index contributed by atoms with van der Waals surface area (Å²) in [5, 5.41) is 0.562. The Morgan fingerprint density at radius 3 is 2.77 bits per heavy atom. The molecule has 6 nitrogen and oxygen atoms in total. The van der Waals surface area contributed by atoms with Crippen LogP contribution in [-0.2, 0) is 11.3 Å². The van der Waals surface area contributed by atoms with Crippen LogP contribution in [0.25, 0.3) is 10.9 Å². The molecule has 0 bridgehead atoms. The minimum atomic E-state index is -0.559. The molecule has 0 radical (unpaired) electrons. The summed E-state index contributed by atoms with van der Waals surface area (Å²) in [6, 6.07) is 10.1. The maximum Gasteiger partial charge on any atom is 0.343 e. The second kappa shape index (κ2) is 9.95. The Hall–Kier alpha value is -1.53. The summed E-state index contributed by atoms with van der Waals surface area (Å²) >= 11 is 4.70. The topological polar surface area (TPSA) is 64.4 Å². The van der Waals surface area contributed by atoms with Crippen LogP contribution in [0.5, 0.6) is 0 Å². The van der Waals surface area contributed by atoms with E-state index in [-0.39, 0.29) is 27.7 Å². The van der Waals surface area contributed by atoms with Crippen LogP contribution in [0.3, 0.4) is 0 Å². The summed E-state index contributed by atoms with van der Waals surface area (Å²) in [5.74, 6) is -0.559. The number of halogens is 2. The van der Waals surface area contributed by atoms with Crippen LogP contribution in [0.4, 0.5) is 0 Å². The number of ether oxygens (including phenoxy) is 1. The van der Waals surface area contributed by atoms with Gasteiger partial charge in [-0.25, -0.2) is 4.79 Å². The summed E-state index contributed by atoms with van der Waals surface area (Å²) in [6.07, 6.45) is 7.37. The molecule has 162 valence electrons. The van der Waals surface area contributed by atoms with Crippen LogP contribution < -0.4 is 5.43 Å². The van der Waals surface area contributed by atoms with Gasteiger partial charge in [0.25, 0.3) is 0 Å². The number of nitrogens with zero attached hydrogens (tertiary/aromatic N) is 3. The lowest BCUT2D eigenvalue weighted by molar-refractivity contribution is 0.0523. The van der Waals surface area contributed by atoms with Crippen molar-refractivity contribution in [2.75, 3.05) is 13.2 Å². The molecule has 31 heavy (non-hydrogen) atoms. The van der Waals surface area contributed by atoms with Crippen molar-refractivity contribution in [3.8, 4) is 0 Å². The van der Waals surface area contributed by atoms with Gasteiger partial charge in [-0.1, -0.05) is 22.6 Å². The first kappa shape index (κ1) is 22.7. The predicted molar refractivity (Wildman–Crippen MR) is 138 cm³/mol. The third-order valence-corrected chi connectivity index (χ3v) is 7.88. The molecule has 2 atom stereocenters. The summed E-state index contributed by atoms with van der Waals surface area (Å²) in [7, 11) is 0. The molecule has 4 rings (SSSR count). The molecule has 3 heterocycles. The first-order valence-electron chi connectivity index (χ1n) is 10.3. The van der Waals surface area contributed by atoms with Crippen LogP contribution in [-0.4, -0.2) is 37.6 Å². The van der Waals surface area contributed by atoms with Crippen molar-refractivity contribution in [3.63, 3.8) is 0 Å². The molecule has 0 saturated carbocycles.